The third kappa shape index (κ3) is 4.68. The second kappa shape index (κ2) is 9.71. The van der Waals surface area contributed by atoms with Crippen molar-refractivity contribution >= 4 is 17.6 Å². The van der Waals surface area contributed by atoms with Crippen LogP contribution < -0.4 is 4.74 Å². The van der Waals surface area contributed by atoms with Crippen LogP contribution in [0.3, 0.4) is 0 Å². The minimum atomic E-state index is -0.826. The monoisotopic (exact) mass is 446 g/mol. The molecule has 162 valence electrons. The fourth-order valence-corrected chi connectivity index (χ4v) is 3.65. The molecule has 32 heavy (non-hydrogen) atoms. The smallest absolute Gasteiger partial charge is 0.306 e. The maximum Gasteiger partial charge on any atom is 0.306 e. The van der Waals surface area contributed by atoms with Gasteiger partial charge in [0.15, 0.2) is 0 Å². The zero-order valence-corrected chi connectivity index (χ0v) is 18.4. The molecular weight excluding hydrogens is 424 g/mol. The van der Waals surface area contributed by atoms with Crippen molar-refractivity contribution in [3.05, 3.63) is 90.0 Å². The van der Waals surface area contributed by atoms with Gasteiger partial charge in [0.1, 0.15) is 5.75 Å². The first-order chi connectivity index (χ1) is 15.5. The predicted octanol–water partition coefficient (Wildman–Crippen LogP) is 6.35. The molecule has 1 aromatic heterocycles. The molecule has 0 amide bonds. The van der Waals surface area contributed by atoms with Crippen LogP contribution in [-0.4, -0.2) is 27.5 Å². The van der Waals surface area contributed by atoms with Crippen molar-refractivity contribution in [2.75, 3.05) is 6.61 Å². The molecule has 0 radical (unpaired) electrons. The number of nitrogens with zero attached hydrogens (tertiary/aromatic N) is 2. The van der Waals surface area contributed by atoms with Crippen LogP contribution in [0.15, 0.2) is 84.9 Å². The van der Waals surface area contributed by atoms with Gasteiger partial charge < -0.3 is 9.84 Å². The van der Waals surface area contributed by atoms with Gasteiger partial charge in [-0.1, -0.05) is 67.1 Å². The summed E-state index contributed by atoms with van der Waals surface area (Å²) in [7, 11) is 0. The van der Waals surface area contributed by atoms with E-state index < -0.39 is 11.9 Å². The molecule has 0 aliphatic rings. The molecular formula is C26H23ClN2O3. The van der Waals surface area contributed by atoms with Crippen LogP contribution >= 0.6 is 11.6 Å². The molecule has 0 unspecified atom stereocenters. The first-order valence-electron chi connectivity index (χ1n) is 10.4. The van der Waals surface area contributed by atoms with E-state index in [9.17, 15) is 4.79 Å². The summed E-state index contributed by atoms with van der Waals surface area (Å²) in [5.74, 6) is -0.632. The van der Waals surface area contributed by atoms with Gasteiger partial charge in [0.2, 0.25) is 0 Å². The number of benzene rings is 3. The number of carbonyl (C=O) groups is 1. The molecule has 1 N–H and O–H groups in total. The minimum absolute atomic E-state index is 0.307. The molecule has 0 saturated heterocycles. The maximum absolute atomic E-state index is 11.1. The van der Waals surface area contributed by atoms with Crippen LogP contribution in [0.2, 0.25) is 5.02 Å². The van der Waals surface area contributed by atoms with Crippen molar-refractivity contribution in [2.24, 2.45) is 5.92 Å². The highest BCUT2D eigenvalue weighted by Gasteiger charge is 2.18. The standard InChI is InChI=1S/C26H23ClN2O3/c1-18(26(30)31)15-16-32-25-14-8-6-12-21(25)23-17-24(20-11-5-7-13-22(20)27)29(28-23)19-9-3-2-4-10-19/h2-14,17-18H,15-16H2,1H3,(H,30,31)/t18-/m1/s1. The fourth-order valence-electron chi connectivity index (χ4n) is 3.41. The number of para-hydroxylation sites is 2. The number of carboxylic acids is 1. The second-order valence-electron chi connectivity index (χ2n) is 7.51. The van der Waals surface area contributed by atoms with Crippen molar-refractivity contribution in [1.29, 1.82) is 0 Å². The van der Waals surface area contributed by atoms with E-state index in [0.717, 1.165) is 28.2 Å². The maximum atomic E-state index is 11.1. The fraction of sp³-hybridized carbons (Fsp3) is 0.154. The number of rotatable bonds is 8. The van der Waals surface area contributed by atoms with Gasteiger partial charge in [-0.3, -0.25) is 4.79 Å². The van der Waals surface area contributed by atoms with Crippen molar-refractivity contribution in [1.82, 2.24) is 9.78 Å². The lowest BCUT2D eigenvalue weighted by atomic mass is 10.1. The van der Waals surface area contributed by atoms with Crippen molar-refractivity contribution in [3.63, 3.8) is 0 Å². The molecule has 4 rings (SSSR count). The SMILES string of the molecule is C[C@H](CCOc1ccccc1-c1cc(-c2ccccc2Cl)n(-c2ccccc2)n1)C(=O)O. The Morgan fingerprint density at radius 1 is 1.00 bits per heavy atom. The molecule has 0 fully saturated rings. The Hall–Kier alpha value is -3.57. The van der Waals surface area contributed by atoms with Gasteiger partial charge in [-0.15, -0.1) is 0 Å². The van der Waals surface area contributed by atoms with Crippen LogP contribution in [0.4, 0.5) is 0 Å². The molecule has 0 aliphatic heterocycles. The summed E-state index contributed by atoms with van der Waals surface area (Å²) in [6.07, 6.45) is 0.424. The normalized spacial score (nSPS) is 11.8. The highest BCUT2D eigenvalue weighted by atomic mass is 35.5. The van der Waals surface area contributed by atoms with Gasteiger partial charge in [-0.2, -0.15) is 5.10 Å². The van der Waals surface area contributed by atoms with Gasteiger partial charge in [0.05, 0.1) is 29.6 Å². The van der Waals surface area contributed by atoms with E-state index in [2.05, 4.69) is 0 Å². The molecule has 4 aromatic rings. The zero-order valence-electron chi connectivity index (χ0n) is 17.6. The van der Waals surface area contributed by atoms with Crippen LogP contribution in [0.25, 0.3) is 28.2 Å². The number of ether oxygens (including phenoxy) is 1. The Kier molecular flexibility index (Phi) is 6.57. The number of halogens is 1. The van der Waals surface area contributed by atoms with Gasteiger partial charge in [0.25, 0.3) is 0 Å². The molecule has 5 nitrogen and oxygen atoms in total. The van der Waals surface area contributed by atoms with Crippen molar-refractivity contribution in [2.45, 2.75) is 13.3 Å². The molecule has 0 saturated carbocycles. The summed E-state index contributed by atoms with van der Waals surface area (Å²) in [6, 6.07) is 27.2. The molecule has 1 atom stereocenters. The molecule has 3 aromatic carbocycles. The third-order valence-corrected chi connectivity index (χ3v) is 5.58. The highest BCUT2D eigenvalue weighted by molar-refractivity contribution is 6.33. The number of hydrogen-bond donors (Lipinski definition) is 1. The average Bonchev–Trinajstić information content (AvgIpc) is 3.25. The van der Waals surface area contributed by atoms with Crippen LogP contribution in [0.1, 0.15) is 13.3 Å². The number of aliphatic carboxylic acids is 1. The Morgan fingerprint density at radius 2 is 1.66 bits per heavy atom. The van der Waals surface area contributed by atoms with E-state index in [0.29, 0.717) is 23.8 Å². The summed E-state index contributed by atoms with van der Waals surface area (Å²) in [5, 5.41) is 14.6. The van der Waals surface area contributed by atoms with Crippen molar-refractivity contribution < 1.29 is 14.6 Å². The van der Waals surface area contributed by atoms with Crippen LogP contribution in [0, 0.1) is 5.92 Å². The van der Waals surface area contributed by atoms with Crippen molar-refractivity contribution in [3.8, 4) is 34.0 Å². The van der Waals surface area contributed by atoms with E-state index >= 15 is 0 Å². The summed E-state index contributed by atoms with van der Waals surface area (Å²) in [5.41, 5.74) is 4.24. The lowest BCUT2D eigenvalue weighted by Gasteiger charge is -2.11. The molecule has 0 spiro atoms. The van der Waals surface area contributed by atoms with Gasteiger partial charge in [-0.25, -0.2) is 4.68 Å². The predicted molar refractivity (Wildman–Crippen MR) is 126 cm³/mol. The quantitative estimate of drug-likeness (QED) is 0.342. The Bertz CT molecular complexity index is 1220. The number of carboxylic acid groups (broad SMARTS) is 1. The molecule has 6 heteroatoms. The van der Waals surface area contributed by atoms with Crippen LogP contribution in [0.5, 0.6) is 5.75 Å². The topological polar surface area (TPSA) is 64.4 Å². The lowest BCUT2D eigenvalue weighted by molar-refractivity contribution is -0.141. The highest BCUT2D eigenvalue weighted by Crippen LogP contribution is 2.36. The summed E-state index contributed by atoms with van der Waals surface area (Å²) < 4.78 is 7.83. The first-order valence-corrected chi connectivity index (χ1v) is 10.8. The first kappa shape index (κ1) is 21.7. The second-order valence-corrected chi connectivity index (χ2v) is 7.92. The van der Waals surface area contributed by atoms with E-state index in [1.54, 1.807) is 6.92 Å². The lowest BCUT2D eigenvalue weighted by Crippen LogP contribution is -2.13. The van der Waals surface area contributed by atoms with E-state index in [1.807, 2.05) is 89.6 Å². The van der Waals surface area contributed by atoms with E-state index in [4.69, 9.17) is 26.5 Å². The summed E-state index contributed by atoms with van der Waals surface area (Å²) >= 11 is 6.51. The summed E-state index contributed by atoms with van der Waals surface area (Å²) in [6.45, 7) is 1.98. The largest absolute Gasteiger partial charge is 0.493 e. The van der Waals surface area contributed by atoms with E-state index in [1.165, 1.54) is 0 Å². The van der Waals surface area contributed by atoms with Gasteiger partial charge in [0, 0.05) is 16.1 Å². The molecule has 0 aliphatic carbocycles. The Labute approximate surface area is 191 Å². The zero-order chi connectivity index (χ0) is 22.5. The van der Waals surface area contributed by atoms with Gasteiger partial charge in [-0.05, 0) is 42.8 Å². The van der Waals surface area contributed by atoms with E-state index in [-0.39, 0.29) is 0 Å². The van der Waals surface area contributed by atoms with Crippen LogP contribution in [-0.2, 0) is 4.79 Å². The third-order valence-electron chi connectivity index (χ3n) is 5.25. The average molecular weight is 447 g/mol. The Morgan fingerprint density at radius 3 is 2.38 bits per heavy atom. The van der Waals surface area contributed by atoms with Gasteiger partial charge >= 0.3 is 5.97 Å². The molecule has 0 bridgehead atoms. The summed E-state index contributed by atoms with van der Waals surface area (Å²) in [4.78, 5) is 11.1. The number of hydrogen-bond acceptors (Lipinski definition) is 3. The Balaban J connectivity index is 1.74. The minimum Gasteiger partial charge on any atom is -0.493 e. The number of aromatic nitrogens is 2. The molecule has 1 heterocycles.